The molecule has 2 rings (SSSR count). The van der Waals surface area contributed by atoms with Gasteiger partial charge in [0, 0.05) is 6.20 Å². The minimum Gasteiger partial charge on any atom is -0.480 e. The smallest absolute Gasteiger partial charge is 0.325 e. The number of carboxylic acids is 1. The third-order valence-corrected chi connectivity index (χ3v) is 5.13. The van der Waals surface area contributed by atoms with E-state index in [0.717, 1.165) is 17.1 Å². The number of sulfonamides is 1. The van der Waals surface area contributed by atoms with E-state index < -0.39 is 22.5 Å². The molecule has 0 saturated carbocycles. The molecule has 1 aromatic carbocycles. The van der Waals surface area contributed by atoms with Crippen molar-refractivity contribution in [2.24, 2.45) is 0 Å². The number of nitrogens with zero attached hydrogens (tertiary/aromatic N) is 2. The van der Waals surface area contributed by atoms with Gasteiger partial charge in [-0.15, -0.1) is 0 Å². The second-order valence-corrected chi connectivity index (χ2v) is 6.86. The number of benzene rings is 1. The SMILES string of the molecule is O=C(O)Cn1cc(S(=O)(=O)Nc2cccc(Cl)c2Br)cn1. The van der Waals surface area contributed by atoms with Gasteiger partial charge < -0.3 is 5.11 Å². The van der Waals surface area contributed by atoms with Crippen LogP contribution in [-0.4, -0.2) is 29.3 Å². The van der Waals surface area contributed by atoms with Crippen molar-refractivity contribution in [2.75, 3.05) is 4.72 Å². The van der Waals surface area contributed by atoms with Crippen molar-refractivity contribution in [3.8, 4) is 0 Å². The molecule has 0 spiro atoms. The molecule has 0 atom stereocenters. The molecule has 1 aromatic heterocycles. The molecule has 0 bridgehead atoms. The van der Waals surface area contributed by atoms with Gasteiger partial charge in [0.15, 0.2) is 0 Å². The van der Waals surface area contributed by atoms with Gasteiger partial charge in [-0.05, 0) is 28.1 Å². The normalized spacial score (nSPS) is 11.3. The third kappa shape index (κ3) is 3.74. The van der Waals surface area contributed by atoms with Crippen LogP contribution in [0.15, 0.2) is 40.0 Å². The van der Waals surface area contributed by atoms with Crippen molar-refractivity contribution in [1.82, 2.24) is 9.78 Å². The summed E-state index contributed by atoms with van der Waals surface area (Å²) in [6.07, 6.45) is 2.21. The van der Waals surface area contributed by atoms with Gasteiger partial charge >= 0.3 is 5.97 Å². The highest BCUT2D eigenvalue weighted by molar-refractivity contribution is 9.10. The summed E-state index contributed by atoms with van der Waals surface area (Å²) in [4.78, 5) is 10.4. The Morgan fingerprint density at radius 1 is 1.48 bits per heavy atom. The number of halogens is 2. The lowest BCUT2D eigenvalue weighted by Gasteiger charge is -2.08. The highest BCUT2D eigenvalue weighted by Gasteiger charge is 2.19. The lowest BCUT2D eigenvalue weighted by atomic mass is 10.3. The molecule has 0 saturated heterocycles. The number of carboxylic acid groups (broad SMARTS) is 1. The Kier molecular flexibility index (Phi) is 4.55. The van der Waals surface area contributed by atoms with Crippen LogP contribution in [0, 0.1) is 0 Å². The summed E-state index contributed by atoms with van der Waals surface area (Å²) in [5.74, 6) is -1.12. The van der Waals surface area contributed by atoms with Crippen molar-refractivity contribution in [1.29, 1.82) is 0 Å². The van der Waals surface area contributed by atoms with Crippen LogP contribution in [0.25, 0.3) is 0 Å². The van der Waals surface area contributed by atoms with Crippen LogP contribution >= 0.6 is 27.5 Å². The van der Waals surface area contributed by atoms with Crippen LogP contribution in [0.3, 0.4) is 0 Å². The van der Waals surface area contributed by atoms with Gasteiger partial charge in [-0.1, -0.05) is 17.7 Å². The van der Waals surface area contributed by atoms with Gasteiger partial charge in [0.25, 0.3) is 10.0 Å². The van der Waals surface area contributed by atoms with Crippen LogP contribution < -0.4 is 4.72 Å². The monoisotopic (exact) mass is 393 g/mol. The Morgan fingerprint density at radius 2 is 2.19 bits per heavy atom. The summed E-state index contributed by atoms with van der Waals surface area (Å²) in [5.41, 5.74) is 0.272. The summed E-state index contributed by atoms with van der Waals surface area (Å²) in [6.45, 7) is -0.420. The molecule has 7 nitrogen and oxygen atoms in total. The van der Waals surface area contributed by atoms with Crippen LogP contribution in [0.1, 0.15) is 0 Å². The second kappa shape index (κ2) is 6.04. The summed E-state index contributed by atoms with van der Waals surface area (Å²) in [6, 6.07) is 4.74. The van der Waals surface area contributed by atoms with Crippen LogP contribution in [0.2, 0.25) is 5.02 Å². The van der Waals surface area contributed by atoms with Crippen molar-refractivity contribution in [3.63, 3.8) is 0 Å². The number of carbonyl (C=O) groups is 1. The largest absolute Gasteiger partial charge is 0.480 e. The summed E-state index contributed by atoms with van der Waals surface area (Å²) < 4.78 is 28.2. The Hall–Kier alpha value is -1.58. The number of anilines is 1. The van der Waals surface area contributed by atoms with E-state index in [1.807, 2.05) is 0 Å². The summed E-state index contributed by atoms with van der Waals surface area (Å²) in [7, 11) is -3.88. The van der Waals surface area contributed by atoms with E-state index in [2.05, 4.69) is 25.8 Å². The van der Waals surface area contributed by atoms with E-state index >= 15 is 0 Å². The van der Waals surface area contributed by atoms with Crippen LogP contribution in [0.5, 0.6) is 0 Å². The number of aliphatic carboxylic acids is 1. The number of rotatable bonds is 5. The van der Waals surface area contributed by atoms with E-state index in [9.17, 15) is 13.2 Å². The van der Waals surface area contributed by atoms with E-state index in [-0.39, 0.29) is 10.6 Å². The second-order valence-electron chi connectivity index (χ2n) is 3.97. The molecule has 0 aliphatic carbocycles. The lowest BCUT2D eigenvalue weighted by Crippen LogP contribution is -2.13. The molecule has 21 heavy (non-hydrogen) atoms. The number of hydrogen-bond donors (Lipinski definition) is 2. The average molecular weight is 395 g/mol. The zero-order valence-electron chi connectivity index (χ0n) is 10.3. The lowest BCUT2D eigenvalue weighted by molar-refractivity contribution is -0.137. The molecule has 0 aliphatic heterocycles. The Morgan fingerprint density at radius 3 is 2.86 bits per heavy atom. The average Bonchev–Trinajstić information content (AvgIpc) is 2.83. The highest BCUT2D eigenvalue weighted by atomic mass is 79.9. The summed E-state index contributed by atoms with van der Waals surface area (Å²) in [5, 5.41) is 12.7. The molecule has 1 heterocycles. The van der Waals surface area contributed by atoms with Crippen molar-refractivity contribution in [2.45, 2.75) is 11.4 Å². The topological polar surface area (TPSA) is 101 Å². The molecule has 0 amide bonds. The minimum atomic E-state index is -3.88. The maximum absolute atomic E-state index is 12.2. The van der Waals surface area contributed by atoms with Gasteiger partial charge in [-0.2, -0.15) is 5.10 Å². The van der Waals surface area contributed by atoms with Gasteiger partial charge in [-0.3, -0.25) is 14.2 Å². The molecule has 2 aromatic rings. The maximum Gasteiger partial charge on any atom is 0.325 e. The molecule has 112 valence electrons. The first-order valence-corrected chi connectivity index (χ1v) is 8.16. The zero-order valence-corrected chi connectivity index (χ0v) is 13.5. The molecule has 2 N–H and O–H groups in total. The zero-order chi connectivity index (χ0) is 15.6. The van der Waals surface area contributed by atoms with E-state index in [1.165, 1.54) is 6.07 Å². The third-order valence-electron chi connectivity index (χ3n) is 2.41. The van der Waals surface area contributed by atoms with Gasteiger partial charge in [0.1, 0.15) is 11.4 Å². The first-order valence-electron chi connectivity index (χ1n) is 5.50. The van der Waals surface area contributed by atoms with Crippen molar-refractivity contribution < 1.29 is 18.3 Å². The molecular formula is C11H9BrClN3O4S. The molecule has 0 unspecified atom stereocenters. The fourth-order valence-corrected chi connectivity index (χ4v) is 3.19. The highest BCUT2D eigenvalue weighted by Crippen LogP contribution is 2.31. The first kappa shape index (κ1) is 15.8. The molecule has 0 aliphatic rings. The standard InChI is InChI=1S/C11H9BrClN3O4S/c12-11-8(13)2-1-3-9(11)15-21(19,20)7-4-14-16(5-7)6-10(17)18/h1-5,15H,6H2,(H,17,18). The van der Waals surface area contributed by atoms with E-state index in [0.29, 0.717) is 9.50 Å². The maximum atomic E-state index is 12.2. The molecular weight excluding hydrogens is 386 g/mol. The Bertz CT molecular complexity index is 791. The fourth-order valence-electron chi connectivity index (χ4n) is 1.49. The number of aromatic nitrogens is 2. The van der Waals surface area contributed by atoms with Gasteiger partial charge in [-0.25, -0.2) is 8.42 Å². The Balaban J connectivity index is 2.28. The van der Waals surface area contributed by atoms with Crippen molar-refractivity contribution in [3.05, 3.63) is 40.1 Å². The predicted octanol–water partition coefficient (Wildman–Crippen LogP) is 2.18. The Labute approximate surface area is 133 Å². The quantitative estimate of drug-likeness (QED) is 0.809. The van der Waals surface area contributed by atoms with E-state index in [4.69, 9.17) is 16.7 Å². The fraction of sp³-hybridized carbons (Fsp3) is 0.0909. The van der Waals surface area contributed by atoms with Gasteiger partial charge in [0.05, 0.1) is 21.4 Å². The molecule has 10 heteroatoms. The first-order chi connectivity index (χ1) is 9.79. The van der Waals surface area contributed by atoms with E-state index in [1.54, 1.807) is 12.1 Å². The number of nitrogens with one attached hydrogen (secondary N) is 1. The van der Waals surface area contributed by atoms with Crippen LogP contribution in [0.4, 0.5) is 5.69 Å². The number of hydrogen-bond acceptors (Lipinski definition) is 4. The van der Waals surface area contributed by atoms with Crippen LogP contribution in [-0.2, 0) is 21.4 Å². The molecule has 0 radical (unpaired) electrons. The van der Waals surface area contributed by atoms with Crippen molar-refractivity contribution >= 4 is 49.2 Å². The predicted molar refractivity (Wildman–Crippen MR) is 79.8 cm³/mol. The van der Waals surface area contributed by atoms with Gasteiger partial charge in [0.2, 0.25) is 0 Å². The molecule has 0 fully saturated rings. The summed E-state index contributed by atoms with van der Waals surface area (Å²) >= 11 is 9.07. The minimum absolute atomic E-state index is 0.143.